The van der Waals surface area contributed by atoms with Gasteiger partial charge in [-0.25, -0.2) is 4.98 Å². The number of aromatic nitrogens is 1. The van der Waals surface area contributed by atoms with Crippen molar-refractivity contribution in [3.63, 3.8) is 0 Å². The number of hydrogen-bond donors (Lipinski definition) is 0. The molecule has 1 atom stereocenters. The number of amides is 1. The third kappa shape index (κ3) is 4.20. The zero-order chi connectivity index (χ0) is 16.8. The van der Waals surface area contributed by atoms with Gasteiger partial charge in [0.15, 0.2) is 0 Å². The van der Waals surface area contributed by atoms with E-state index in [1.807, 2.05) is 34.5 Å². The summed E-state index contributed by atoms with van der Waals surface area (Å²) >= 11 is 1.57. The van der Waals surface area contributed by atoms with Crippen molar-refractivity contribution in [1.29, 1.82) is 0 Å². The van der Waals surface area contributed by atoms with E-state index in [4.69, 9.17) is 9.47 Å². The van der Waals surface area contributed by atoms with Gasteiger partial charge in [0.1, 0.15) is 5.01 Å². The predicted octanol–water partition coefficient (Wildman–Crippen LogP) is 3.08. The molecule has 128 valence electrons. The number of nitrogens with zero attached hydrogens (tertiary/aromatic N) is 2. The van der Waals surface area contributed by atoms with E-state index in [0.29, 0.717) is 25.3 Å². The fourth-order valence-electron chi connectivity index (χ4n) is 2.85. The van der Waals surface area contributed by atoms with E-state index in [0.717, 1.165) is 30.0 Å². The van der Waals surface area contributed by atoms with Gasteiger partial charge in [-0.2, -0.15) is 0 Å². The summed E-state index contributed by atoms with van der Waals surface area (Å²) in [5, 5.41) is 2.86. The molecule has 0 radical (unpaired) electrons. The minimum absolute atomic E-state index is 0.0148. The van der Waals surface area contributed by atoms with Gasteiger partial charge in [0.05, 0.1) is 12.7 Å². The topological polar surface area (TPSA) is 51.7 Å². The Morgan fingerprint density at radius 2 is 2.42 bits per heavy atom. The van der Waals surface area contributed by atoms with Gasteiger partial charge in [-0.15, -0.1) is 11.3 Å². The Bertz CT molecular complexity index is 654. The maximum atomic E-state index is 13.0. The maximum Gasteiger partial charge on any atom is 0.254 e. The first-order valence-corrected chi connectivity index (χ1v) is 9.05. The third-order valence-corrected chi connectivity index (χ3v) is 4.91. The van der Waals surface area contributed by atoms with Crippen molar-refractivity contribution < 1.29 is 14.3 Å². The summed E-state index contributed by atoms with van der Waals surface area (Å²) in [7, 11) is 1.65. The van der Waals surface area contributed by atoms with E-state index >= 15 is 0 Å². The standard InChI is InChI=1S/C18H22N2O3S/c1-22-10-8-20(13-16-6-3-9-23-16)18(21)15-5-2-4-14(12-15)17-19-7-11-24-17/h2,4-5,7,11-12,16H,3,6,8-10,13H2,1H3/t16-/m1/s1. The van der Waals surface area contributed by atoms with Crippen molar-refractivity contribution in [3.05, 3.63) is 41.4 Å². The van der Waals surface area contributed by atoms with Crippen LogP contribution in [0.5, 0.6) is 0 Å². The number of rotatable bonds is 7. The van der Waals surface area contributed by atoms with Crippen LogP contribution < -0.4 is 0 Å². The smallest absolute Gasteiger partial charge is 0.254 e. The molecule has 0 aliphatic carbocycles. The first-order chi connectivity index (χ1) is 11.8. The Kier molecular flexibility index (Phi) is 5.96. The number of thiazole rings is 1. The van der Waals surface area contributed by atoms with E-state index in [2.05, 4.69) is 4.98 Å². The van der Waals surface area contributed by atoms with Crippen LogP contribution in [0.15, 0.2) is 35.8 Å². The number of benzene rings is 1. The van der Waals surface area contributed by atoms with Crippen LogP contribution in [0.4, 0.5) is 0 Å². The van der Waals surface area contributed by atoms with E-state index in [-0.39, 0.29) is 12.0 Å². The fourth-order valence-corrected chi connectivity index (χ4v) is 3.48. The minimum Gasteiger partial charge on any atom is -0.383 e. The highest BCUT2D eigenvalue weighted by Gasteiger charge is 2.23. The number of hydrogen-bond acceptors (Lipinski definition) is 5. The van der Waals surface area contributed by atoms with Crippen LogP contribution in [0.25, 0.3) is 10.6 Å². The second-order valence-electron chi connectivity index (χ2n) is 5.80. The molecular formula is C18H22N2O3S. The Morgan fingerprint density at radius 3 is 3.12 bits per heavy atom. The van der Waals surface area contributed by atoms with Crippen LogP contribution in [-0.2, 0) is 9.47 Å². The molecule has 0 bridgehead atoms. The van der Waals surface area contributed by atoms with Crippen LogP contribution in [-0.4, -0.2) is 55.3 Å². The zero-order valence-corrected chi connectivity index (χ0v) is 14.6. The molecule has 5 nitrogen and oxygen atoms in total. The molecule has 6 heteroatoms. The average Bonchev–Trinajstić information content (AvgIpc) is 3.31. The lowest BCUT2D eigenvalue weighted by Gasteiger charge is -2.25. The van der Waals surface area contributed by atoms with E-state index < -0.39 is 0 Å². The van der Waals surface area contributed by atoms with E-state index in [1.165, 1.54) is 0 Å². The molecule has 24 heavy (non-hydrogen) atoms. The van der Waals surface area contributed by atoms with Crippen LogP contribution >= 0.6 is 11.3 Å². The van der Waals surface area contributed by atoms with Gasteiger partial charge in [-0.05, 0) is 25.0 Å². The lowest BCUT2D eigenvalue weighted by atomic mass is 10.1. The SMILES string of the molecule is COCCN(C[C@H]1CCCO1)C(=O)c1cccc(-c2nccs2)c1. The maximum absolute atomic E-state index is 13.0. The number of carbonyl (C=O) groups is 1. The number of methoxy groups -OCH3 is 1. The second-order valence-corrected chi connectivity index (χ2v) is 6.69. The minimum atomic E-state index is 0.0148. The third-order valence-electron chi connectivity index (χ3n) is 4.09. The Balaban J connectivity index is 1.76. The Hall–Kier alpha value is -1.76. The van der Waals surface area contributed by atoms with Gasteiger partial charge >= 0.3 is 0 Å². The second kappa shape index (κ2) is 8.37. The molecular weight excluding hydrogens is 324 g/mol. The van der Waals surface area contributed by atoms with Gasteiger partial charge in [0.25, 0.3) is 5.91 Å². The predicted molar refractivity (Wildman–Crippen MR) is 94.3 cm³/mol. The summed E-state index contributed by atoms with van der Waals surface area (Å²) < 4.78 is 10.9. The van der Waals surface area contributed by atoms with Gasteiger partial charge in [-0.3, -0.25) is 4.79 Å². The molecule has 1 aliphatic rings. The van der Waals surface area contributed by atoms with Crippen LogP contribution in [0.3, 0.4) is 0 Å². The van der Waals surface area contributed by atoms with Gasteiger partial charge < -0.3 is 14.4 Å². The van der Waals surface area contributed by atoms with Crippen molar-refractivity contribution in [1.82, 2.24) is 9.88 Å². The molecule has 1 aromatic heterocycles. The highest BCUT2D eigenvalue weighted by Crippen LogP contribution is 2.23. The molecule has 0 unspecified atom stereocenters. The zero-order valence-electron chi connectivity index (χ0n) is 13.8. The van der Waals surface area contributed by atoms with Crippen LogP contribution in [0.2, 0.25) is 0 Å². The first-order valence-electron chi connectivity index (χ1n) is 8.17. The fraction of sp³-hybridized carbons (Fsp3) is 0.444. The van der Waals surface area contributed by atoms with Crippen molar-refractivity contribution in [2.45, 2.75) is 18.9 Å². The van der Waals surface area contributed by atoms with Crippen molar-refractivity contribution >= 4 is 17.2 Å². The van der Waals surface area contributed by atoms with Crippen molar-refractivity contribution in [2.75, 3.05) is 33.4 Å². The quantitative estimate of drug-likeness (QED) is 0.773. The molecule has 1 aromatic carbocycles. The normalized spacial score (nSPS) is 17.1. The highest BCUT2D eigenvalue weighted by molar-refractivity contribution is 7.13. The highest BCUT2D eigenvalue weighted by atomic mass is 32.1. The summed E-state index contributed by atoms with van der Waals surface area (Å²) in [5.74, 6) is 0.0148. The molecule has 2 aromatic rings. The van der Waals surface area contributed by atoms with E-state index in [1.54, 1.807) is 24.6 Å². The molecule has 3 rings (SSSR count). The molecule has 1 amide bonds. The summed E-state index contributed by atoms with van der Waals surface area (Å²) in [5.41, 5.74) is 1.65. The number of carbonyl (C=O) groups excluding carboxylic acids is 1. The first kappa shape index (κ1) is 17.1. The average molecular weight is 346 g/mol. The molecule has 1 saturated heterocycles. The molecule has 0 saturated carbocycles. The molecule has 1 fully saturated rings. The number of ether oxygens (including phenoxy) is 2. The summed E-state index contributed by atoms with van der Waals surface area (Å²) in [6.07, 6.45) is 3.98. The molecule has 1 aliphatic heterocycles. The van der Waals surface area contributed by atoms with Gasteiger partial charge in [0, 0.05) is 49.5 Å². The van der Waals surface area contributed by atoms with Crippen molar-refractivity contribution in [3.8, 4) is 10.6 Å². The van der Waals surface area contributed by atoms with Gasteiger partial charge in [-0.1, -0.05) is 12.1 Å². The van der Waals surface area contributed by atoms with Crippen LogP contribution in [0, 0.1) is 0 Å². The molecule has 2 heterocycles. The Morgan fingerprint density at radius 1 is 1.50 bits per heavy atom. The molecule has 0 spiro atoms. The van der Waals surface area contributed by atoms with Crippen LogP contribution in [0.1, 0.15) is 23.2 Å². The molecule has 0 N–H and O–H groups in total. The monoisotopic (exact) mass is 346 g/mol. The van der Waals surface area contributed by atoms with E-state index in [9.17, 15) is 4.79 Å². The summed E-state index contributed by atoms with van der Waals surface area (Å²) in [6, 6.07) is 7.66. The Labute approximate surface area is 146 Å². The van der Waals surface area contributed by atoms with Crippen molar-refractivity contribution in [2.24, 2.45) is 0 Å². The lowest BCUT2D eigenvalue weighted by Crippen LogP contribution is -2.39. The largest absolute Gasteiger partial charge is 0.383 e. The summed E-state index contributed by atoms with van der Waals surface area (Å²) in [6.45, 7) is 2.49. The summed E-state index contributed by atoms with van der Waals surface area (Å²) in [4.78, 5) is 19.1. The van der Waals surface area contributed by atoms with Gasteiger partial charge in [0.2, 0.25) is 0 Å². The lowest BCUT2D eigenvalue weighted by molar-refractivity contribution is 0.0456.